The van der Waals surface area contributed by atoms with E-state index in [1.807, 2.05) is 24.3 Å². The molecule has 2 bridgehead atoms. The number of ether oxygens (including phenoxy) is 1. The van der Waals surface area contributed by atoms with Gasteiger partial charge in [-0.15, -0.1) is 0 Å². The number of rotatable bonds is 2. The maximum atomic E-state index is 12.7. The molecule has 23 heavy (non-hydrogen) atoms. The van der Waals surface area contributed by atoms with E-state index in [9.17, 15) is 4.79 Å². The molecule has 2 aliphatic heterocycles. The first-order valence-corrected chi connectivity index (χ1v) is 8.68. The minimum absolute atomic E-state index is 0.0448. The quantitative estimate of drug-likeness (QED) is 0.826. The number of carbonyl (C=O) groups is 1. The molecular weight excluding hydrogens is 288 g/mol. The van der Waals surface area contributed by atoms with Gasteiger partial charge >= 0.3 is 6.03 Å². The molecule has 0 aromatic heterocycles. The zero-order valence-corrected chi connectivity index (χ0v) is 13.7. The summed E-state index contributed by atoms with van der Waals surface area (Å²) in [5, 5.41) is 3.05. The van der Waals surface area contributed by atoms with Gasteiger partial charge in [0.15, 0.2) is 0 Å². The van der Waals surface area contributed by atoms with Crippen LogP contribution in [0.2, 0.25) is 0 Å². The molecule has 4 heteroatoms. The Hall–Kier alpha value is -1.97. The van der Waals surface area contributed by atoms with Gasteiger partial charge in [-0.2, -0.15) is 0 Å². The Morgan fingerprint density at radius 3 is 2.52 bits per heavy atom. The first kappa shape index (κ1) is 14.6. The van der Waals surface area contributed by atoms with E-state index in [0.29, 0.717) is 12.1 Å². The average Bonchev–Trinajstić information content (AvgIpc) is 2.77. The third-order valence-electron chi connectivity index (χ3n) is 5.60. The molecule has 1 aromatic carbocycles. The molecule has 2 atom stereocenters. The van der Waals surface area contributed by atoms with Gasteiger partial charge < -0.3 is 15.0 Å². The number of allylic oxidation sites excluding steroid dienone is 1. The lowest BCUT2D eigenvalue weighted by molar-refractivity contribution is 0.173. The lowest BCUT2D eigenvalue weighted by atomic mass is 9.82. The first-order chi connectivity index (χ1) is 11.2. The largest absolute Gasteiger partial charge is 0.497 e. The molecule has 1 saturated carbocycles. The second-order valence-corrected chi connectivity index (χ2v) is 6.92. The highest BCUT2D eigenvalue weighted by Crippen LogP contribution is 2.43. The van der Waals surface area contributed by atoms with E-state index in [-0.39, 0.29) is 6.03 Å². The van der Waals surface area contributed by atoms with Crippen molar-refractivity contribution in [3.63, 3.8) is 0 Å². The number of benzene rings is 1. The summed E-state index contributed by atoms with van der Waals surface area (Å²) < 4.78 is 5.22. The van der Waals surface area contributed by atoms with Gasteiger partial charge in [-0.25, -0.2) is 4.79 Å². The van der Waals surface area contributed by atoms with E-state index in [2.05, 4.69) is 10.2 Å². The molecule has 2 unspecified atom stereocenters. The molecule has 2 heterocycles. The van der Waals surface area contributed by atoms with Crippen molar-refractivity contribution < 1.29 is 9.53 Å². The minimum atomic E-state index is 0.0448. The standard InChI is InChI=1S/C19H24N2O2/c1-23-18-7-3-6-15(12-18)20-19(22)21-16-8-9-17(21)11-14(10-16)13-4-2-5-13/h3,6-7,12,16-17H,2,4-5,8-11H2,1H3,(H,20,22). The van der Waals surface area contributed by atoms with E-state index in [0.717, 1.165) is 37.1 Å². The lowest BCUT2D eigenvalue weighted by Gasteiger charge is -2.38. The zero-order chi connectivity index (χ0) is 15.8. The zero-order valence-electron chi connectivity index (χ0n) is 13.7. The molecule has 2 saturated heterocycles. The van der Waals surface area contributed by atoms with E-state index in [1.54, 1.807) is 18.3 Å². The van der Waals surface area contributed by atoms with E-state index in [1.165, 1.54) is 19.3 Å². The molecule has 0 radical (unpaired) electrons. The van der Waals surface area contributed by atoms with Crippen LogP contribution in [0.5, 0.6) is 5.75 Å². The van der Waals surface area contributed by atoms with Crippen molar-refractivity contribution in [2.45, 2.75) is 57.0 Å². The second kappa shape index (κ2) is 5.91. The van der Waals surface area contributed by atoms with Crippen molar-refractivity contribution in [1.29, 1.82) is 0 Å². The van der Waals surface area contributed by atoms with Crippen LogP contribution in [0.1, 0.15) is 44.9 Å². The molecule has 1 N–H and O–H groups in total. The number of piperidine rings is 1. The van der Waals surface area contributed by atoms with Crippen LogP contribution < -0.4 is 10.1 Å². The summed E-state index contributed by atoms with van der Waals surface area (Å²) in [6.45, 7) is 0. The Bertz CT molecular complexity index is 631. The molecule has 1 aromatic rings. The van der Waals surface area contributed by atoms with Crippen LogP contribution in [0, 0.1) is 0 Å². The van der Waals surface area contributed by atoms with E-state index < -0.39 is 0 Å². The van der Waals surface area contributed by atoms with Crippen molar-refractivity contribution in [2.75, 3.05) is 12.4 Å². The summed E-state index contributed by atoms with van der Waals surface area (Å²) in [6.07, 6.45) is 8.43. The summed E-state index contributed by atoms with van der Waals surface area (Å²) in [4.78, 5) is 14.8. The van der Waals surface area contributed by atoms with E-state index >= 15 is 0 Å². The Balaban J connectivity index is 1.47. The molecule has 0 spiro atoms. The fourth-order valence-electron chi connectivity index (χ4n) is 4.23. The van der Waals surface area contributed by atoms with Gasteiger partial charge in [0.1, 0.15) is 5.75 Å². The summed E-state index contributed by atoms with van der Waals surface area (Å²) in [5.74, 6) is 0.765. The molecule has 122 valence electrons. The normalized spacial score (nSPS) is 26.0. The molecule has 4 nitrogen and oxygen atoms in total. The number of amides is 2. The van der Waals surface area contributed by atoms with Gasteiger partial charge in [0, 0.05) is 23.8 Å². The van der Waals surface area contributed by atoms with Crippen LogP contribution in [-0.2, 0) is 0 Å². The molecule has 3 fully saturated rings. The second-order valence-electron chi connectivity index (χ2n) is 6.92. The molecule has 2 amide bonds. The van der Waals surface area contributed by atoms with Crippen molar-refractivity contribution in [3.05, 3.63) is 35.4 Å². The SMILES string of the molecule is COc1cccc(NC(=O)N2C3CCC2CC(=C2CCC2)C3)c1. The van der Waals surface area contributed by atoms with Crippen molar-refractivity contribution in [1.82, 2.24) is 4.90 Å². The minimum Gasteiger partial charge on any atom is -0.497 e. The lowest BCUT2D eigenvalue weighted by Crippen LogP contribution is -2.47. The third kappa shape index (κ3) is 2.71. The maximum absolute atomic E-state index is 12.7. The van der Waals surface area contributed by atoms with Gasteiger partial charge in [-0.3, -0.25) is 0 Å². The first-order valence-electron chi connectivity index (χ1n) is 8.68. The predicted molar refractivity (Wildman–Crippen MR) is 90.8 cm³/mol. The Kier molecular flexibility index (Phi) is 3.76. The van der Waals surface area contributed by atoms with Gasteiger partial charge in [0.05, 0.1) is 7.11 Å². The maximum Gasteiger partial charge on any atom is 0.322 e. The van der Waals surface area contributed by atoms with Gasteiger partial charge in [0.2, 0.25) is 0 Å². The van der Waals surface area contributed by atoms with Gasteiger partial charge in [-0.05, 0) is 57.1 Å². The number of urea groups is 1. The van der Waals surface area contributed by atoms with Crippen LogP contribution in [0.4, 0.5) is 10.5 Å². The van der Waals surface area contributed by atoms with Gasteiger partial charge in [0.25, 0.3) is 0 Å². The van der Waals surface area contributed by atoms with E-state index in [4.69, 9.17) is 4.74 Å². The number of nitrogens with zero attached hydrogens (tertiary/aromatic N) is 1. The summed E-state index contributed by atoms with van der Waals surface area (Å²) in [6, 6.07) is 8.39. The number of nitrogens with one attached hydrogen (secondary N) is 1. The van der Waals surface area contributed by atoms with Crippen molar-refractivity contribution >= 4 is 11.7 Å². The number of hydrogen-bond acceptors (Lipinski definition) is 2. The summed E-state index contributed by atoms with van der Waals surface area (Å²) in [7, 11) is 1.64. The van der Waals surface area contributed by atoms with Gasteiger partial charge in [-0.1, -0.05) is 17.2 Å². The molecule has 1 aliphatic carbocycles. The van der Waals surface area contributed by atoms with Crippen LogP contribution in [0.3, 0.4) is 0 Å². The Labute approximate surface area is 137 Å². The number of methoxy groups -OCH3 is 1. The number of hydrogen-bond donors (Lipinski definition) is 1. The highest BCUT2D eigenvalue weighted by molar-refractivity contribution is 5.90. The third-order valence-corrected chi connectivity index (χ3v) is 5.60. The average molecular weight is 312 g/mol. The predicted octanol–water partition coefficient (Wildman–Crippen LogP) is 4.33. The Morgan fingerprint density at radius 2 is 1.91 bits per heavy atom. The number of carbonyl (C=O) groups excluding carboxylic acids is 1. The monoisotopic (exact) mass is 312 g/mol. The highest BCUT2D eigenvalue weighted by atomic mass is 16.5. The fraction of sp³-hybridized carbons (Fsp3) is 0.526. The molecule has 3 aliphatic rings. The summed E-state index contributed by atoms with van der Waals surface area (Å²) in [5.41, 5.74) is 4.15. The van der Waals surface area contributed by atoms with Crippen molar-refractivity contribution in [3.8, 4) is 5.75 Å². The van der Waals surface area contributed by atoms with Crippen LogP contribution in [0.25, 0.3) is 0 Å². The van der Waals surface area contributed by atoms with Crippen molar-refractivity contribution in [2.24, 2.45) is 0 Å². The molecular formula is C19H24N2O2. The van der Waals surface area contributed by atoms with Crippen LogP contribution in [0.15, 0.2) is 35.4 Å². The smallest absolute Gasteiger partial charge is 0.322 e. The summed E-state index contributed by atoms with van der Waals surface area (Å²) >= 11 is 0. The number of fused-ring (bicyclic) bond motifs is 2. The number of anilines is 1. The Morgan fingerprint density at radius 1 is 1.17 bits per heavy atom. The highest BCUT2D eigenvalue weighted by Gasteiger charge is 2.42. The van der Waals surface area contributed by atoms with Crippen LogP contribution in [-0.4, -0.2) is 30.1 Å². The van der Waals surface area contributed by atoms with Crippen LogP contribution >= 0.6 is 0 Å². The molecule has 4 rings (SSSR count). The topological polar surface area (TPSA) is 41.6 Å². The fourth-order valence-corrected chi connectivity index (χ4v) is 4.23.